The van der Waals surface area contributed by atoms with Crippen molar-refractivity contribution < 1.29 is 9.53 Å². The average Bonchev–Trinajstić information content (AvgIpc) is 2.82. The lowest BCUT2D eigenvalue weighted by molar-refractivity contribution is 0.0505. The van der Waals surface area contributed by atoms with E-state index in [-0.39, 0.29) is 5.82 Å². The fourth-order valence-corrected chi connectivity index (χ4v) is 2.26. The Morgan fingerprint density at radius 3 is 2.50 bits per heavy atom. The van der Waals surface area contributed by atoms with Gasteiger partial charge in [0.05, 0.1) is 13.2 Å². The monoisotopic (exact) mass is 274 g/mol. The van der Waals surface area contributed by atoms with Crippen molar-refractivity contribution in [3.63, 3.8) is 0 Å². The maximum Gasteiger partial charge on any atom is 0.378 e. The molecule has 0 bridgehead atoms. The minimum Gasteiger partial charge on any atom is -0.460 e. The van der Waals surface area contributed by atoms with Crippen molar-refractivity contribution in [1.29, 1.82) is 0 Å². The number of carbonyl (C=O) groups excluding carboxylic acids is 1. The zero-order chi connectivity index (χ0) is 14.7. The van der Waals surface area contributed by atoms with E-state index >= 15 is 0 Å². The molecule has 0 spiro atoms. The number of esters is 1. The molecule has 0 amide bonds. The Bertz CT molecular complexity index is 611. The van der Waals surface area contributed by atoms with Crippen molar-refractivity contribution in [2.45, 2.75) is 34.2 Å². The molecule has 0 aliphatic carbocycles. The minimum atomic E-state index is -0.500. The van der Waals surface area contributed by atoms with Crippen LogP contribution >= 0.6 is 0 Å². The molecule has 0 unspecified atom stereocenters. The Balaban J connectivity index is 2.32. The predicted molar refractivity (Wildman–Crippen MR) is 73.5 cm³/mol. The lowest BCUT2D eigenvalue weighted by atomic mass is 10.00. The first kappa shape index (κ1) is 14.2. The highest BCUT2D eigenvalue weighted by molar-refractivity contribution is 5.85. The summed E-state index contributed by atoms with van der Waals surface area (Å²) in [7, 11) is 0. The number of aryl methyl sites for hydroxylation is 3. The molecule has 2 rings (SSSR count). The summed E-state index contributed by atoms with van der Waals surface area (Å²) < 4.78 is 6.42. The number of nitrogens with zero attached hydrogens (tertiary/aromatic N) is 4. The lowest BCUT2D eigenvalue weighted by Gasteiger charge is -2.11. The van der Waals surface area contributed by atoms with Crippen LogP contribution in [0, 0.1) is 20.8 Å². The summed E-state index contributed by atoms with van der Waals surface area (Å²) in [6.07, 6.45) is 0. The van der Waals surface area contributed by atoms with Gasteiger partial charge in [-0.3, -0.25) is 0 Å². The Labute approximate surface area is 117 Å². The van der Waals surface area contributed by atoms with Crippen molar-refractivity contribution in [2.24, 2.45) is 0 Å². The zero-order valence-electron chi connectivity index (χ0n) is 12.2. The molecule has 0 atom stereocenters. The molecule has 0 aliphatic heterocycles. The van der Waals surface area contributed by atoms with Gasteiger partial charge >= 0.3 is 5.97 Å². The van der Waals surface area contributed by atoms with E-state index in [0.29, 0.717) is 13.2 Å². The highest BCUT2D eigenvalue weighted by Gasteiger charge is 2.17. The van der Waals surface area contributed by atoms with E-state index in [4.69, 9.17) is 4.74 Å². The van der Waals surface area contributed by atoms with Crippen LogP contribution in [0.5, 0.6) is 0 Å². The van der Waals surface area contributed by atoms with Crippen LogP contribution in [0.1, 0.15) is 39.8 Å². The van der Waals surface area contributed by atoms with E-state index in [9.17, 15) is 4.79 Å². The van der Waals surface area contributed by atoms with Crippen molar-refractivity contribution in [3.05, 3.63) is 40.2 Å². The SMILES string of the molecule is CCOC(=O)c1nnnn1Cc1c(C)cc(C)cc1C. The van der Waals surface area contributed by atoms with Gasteiger partial charge in [0, 0.05) is 0 Å². The zero-order valence-corrected chi connectivity index (χ0v) is 12.2. The van der Waals surface area contributed by atoms with Gasteiger partial charge in [-0.2, -0.15) is 0 Å². The van der Waals surface area contributed by atoms with Crippen molar-refractivity contribution in [2.75, 3.05) is 6.61 Å². The number of rotatable bonds is 4. The van der Waals surface area contributed by atoms with Crippen LogP contribution in [0.25, 0.3) is 0 Å². The Kier molecular flexibility index (Phi) is 4.12. The van der Waals surface area contributed by atoms with Crippen LogP contribution < -0.4 is 0 Å². The number of benzene rings is 1. The maximum atomic E-state index is 11.8. The number of aromatic nitrogens is 4. The topological polar surface area (TPSA) is 69.9 Å². The quantitative estimate of drug-likeness (QED) is 0.795. The van der Waals surface area contributed by atoms with Gasteiger partial charge in [-0.1, -0.05) is 17.7 Å². The molecule has 6 heteroatoms. The molecule has 1 aromatic heterocycles. The third-order valence-electron chi connectivity index (χ3n) is 3.14. The Morgan fingerprint density at radius 1 is 1.25 bits per heavy atom. The summed E-state index contributed by atoms with van der Waals surface area (Å²) in [6.45, 7) is 8.66. The van der Waals surface area contributed by atoms with Gasteiger partial charge < -0.3 is 4.74 Å². The van der Waals surface area contributed by atoms with Gasteiger partial charge in [0.2, 0.25) is 0 Å². The molecule has 0 aliphatic rings. The van der Waals surface area contributed by atoms with Gasteiger partial charge in [-0.05, 0) is 54.8 Å². The number of ether oxygens (including phenoxy) is 1. The smallest absolute Gasteiger partial charge is 0.378 e. The van der Waals surface area contributed by atoms with Gasteiger partial charge in [-0.15, -0.1) is 5.10 Å². The molecule has 1 aromatic carbocycles. The summed E-state index contributed by atoms with van der Waals surface area (Å²) in [5.41, 5.74) is 4.65. The van der Waals surface area contributed by atoms with Gasteiger partial charge in [0.1, 0.15) is 0 Å². The standard InChI is InChI=1S/C14H18N4O2/c1-5-20-14(19)13-15-16-17-18(13)8-12-10(3)6-9(2)7-11(12)4/h6-7H,5,8H2,1-4H3. The predicted octanol–water partition coefficient (Wildman–Crippen LogP) is 1.82. The van der Waals surface area contributed by atoms with Crippen molar-refractivity contribution >= 4 is 5.97 Å². The van der Waals surface area contributed by atoms with Gasteiger partial charge in [-0.25, -0.2) is 9.48 Å². The van der Waals surface area contributed by atoms with E-state index in [1.807, 2.05) is 13.8 Å². The van der Waals surface area contributed by atoms with E-state index in [2.05, 4.69) is 34.6 Å². The summed E-state index contributed by atoms with van der Waals surface area (Å²) in [4.78, 5) is 11.8. The van der Waals surface area contributed by atoms with Gasteiger partial charge in [0.25, 0.3) is 5.82 Å². The molecule has 106 valence electrons. The summed E-state index contributed by atoms with van der Waals surface area (Å²) in [6, 6.07) is 4.22. The molecule has 1 heterocycles. The first-order valence-corrected chi connectivity index (χ1v) is 6.53. The summed E-state index contributed by atoms with van der Waals surface area (Å²) >= 11 is 0. The van der Waals surface area contributed by atoms with E-state index in [1.165, 1.54) is 10.2 Å². The van der Waals surface area contributed by atoms with Crippen LogP contribution in [-0.4, -0.2) is 32.8 Å². The normalized spacial score (nSPS) is 10.6. The number of tetrazole rings is 1. The maximum absolute atomic E-state index is 11.8. The molecule has 2 aromatic rings. The number of hydrogen-bond acceptors (Lipinski definition) is 5. The fourth-order valence-electron chi connectivity index (χ4n) is 2.26. The second kappa shape index (κ2) is 5.81. The molecule has 6 nitrogen and oxygen atoms in total. The Morgan fingerprint density at radius 2 is 1.90 bits per heavy atom. The Hall–Kier alpha value is -2.24. The van der Waals surface area contributed by atoms with Crippen LogP contribution in [-0.2, 0) is 11.3 Å². The molecular weight excluding hydrogens is 256 g/mol. The largest absolute Gasteiger partial charge is 0.460 e. The first-order chi connectivity index (χ1) is 9.52. The minimum absolute atomic E-state index is 0.131. The highest BCUT2D eigenvalue weighted by atomic mass is 16.5. The van der Waals surface area contributed by atoms with E-state index in [1.54, 1.807) is 6.92 Å². The number of hydrogen-bond donors (Lipinski definition) is 0. The van der Waals surface area contributed by atoms with Crippen molar-refractivity contribution in [1.82, 2.24) is 20.2 Å². The molecule has 0 N–H and O–H groups in total. The molecule has 0 radical (unpaired) electrons. The van der Waals surface area contributed by atoms with Crippen LogP contribution in [0.3, 0.4) is 0 Å². The molecule has 0 fully saturated rings. The molecule has 0 saturated carbocycles. The van der Waals surface area contributed by atoms with Crippen LogP contribution in [0.4, 0.5) is 0 Å². The second-order valence-corrected chi connectivity index (χ2v) is 4.76. The molecule has 0 saturated heterocycles. The summed E-state index contributed by atoms with van der Waals surface area (Å²) in [5.74, 6) is -0.369. The van der Waals surface area contributed by atoms with Crippen molar-refractivity contribution in [3.8, 4) is 0 Å². The summed E-state index contributed by atoms with van der Waals surface area (Å²) in [5, 5.41) is 11.2. The first-order valence-electron chi connectivity index (χ1n) is 6.53. The number of carbonyl (C=O) groups is 1. The fraction of sp³-hybridized carbons (Fsp3) is 0.429. The molecular formula is C14H18N4O2. The third-order valence-corrected chi connectivity index (χ3v) is 3.14. The molecule has 20 heavy (non-hydrogen) atoms. The van der Waals surface area contributed by atoms with E-state index in [0.717, 1.165) is 16.7 Å². The van der Waals surface area contributed by atoms with Gasteiger partial charge in [0.15, 0.2) is 0 Å². The second-order valence-electron chi connectivity index (χ2n) is 4.76. The van der Waals surface area contributed by atoms with Crippen LogP contribution in [0.15, 0.2) is 12.1 Å². The lowest BCUT2D eigenvalue weighted by Crippen LogP contribution is -2.16. The third kappa shape index (κ3) is 2.84. The van der Waals surface area contributed by atoms with E-state index < -0.39 is 5.97 Å². The van der Waals surface area contributed by atoms with Crippen LogP contribution in [0.2, 0.25) is 0 Å². The average molecular weight is 274 g/mol. The highest BCUT2D eigenvalue weighted by Crippen LogP contribution is 2.17.